The van der Waals surface area contributed by atoms with Crippen molar-refractivity contribution in [2.24, 2.45) is 17.1 Å². The van der Waals surface area contributed by atoms with Gasteiger partial charge >= 0.3 is 0 Å². The molecule has 0 radical (unpaired) electrons. The maximum Gasteiger partial charge on any atom is 0.297 e. The van der Waals surface area contributed by atoms with Gasteiger partial charge in [-0.2, -0.15) is 5.10 Å². The molecule has 0 saturated heterocycles. The first-order chi connectivity index (χ1) is 19.9. The molecule has 41 heavy (non-hydrogen) atoms. The monoisotopic (exact) mass is 564 g/mol. The van der Waals surface area contributed by atoms with Crippen molar-refractivity contribution in [3.8, 4) is 16.9 Å². The largest absolute Gasteiger partial charge is 0.297 e. The van der Waals surface area contributed by atoms with Crippen molar-refractivity contribution in [3.63, 3.8) is 0 Å². The molecule has 0 bridgehead atoms. The first-order valence-electron chi connectivity index (χ1n) is 13.4. The topological polar surface area (TPSA) is 99.7 Å². The number of fused-ring (bicyclic) bond motifs is 1. The van der Waals surface area contributed by atoms with Crippen molar-refractivity contribution in [1.82, 2.24) is 14.0 Å². The molecule has 1 aliphatic carbocycles. The first-order valence-corrected chi connectivity index (χ1v) is 14.3. The van der Waals surface area contributed by atoms with Crippen molar-refractivity contribution in [3.05, 3.63) is 126 Å². The average molecular weight is 565 g/mol. The predicted octanol–water partition coefficient (Wildman–Crippen LogP) is 6.13. The second-order valence-electron chi connectivity index (χ2n) is 9.96. The van der Waals surface area contributed by atoms with Gasteiger partial charge in [-0.05, 0) is 50.3 Å². The standard InChI is InChI=1S/C31H28N6O3S/c1-21-29(30(38)36(34(21)2)24-14-4-3-5-15-24)32-31-35(28(20-41-31)23-13-10-16-25(19-23)37(39)40)33-27-18-9-7-12-22-11-6-8-17-26(22)27/h3-6,8,10-11,13-17,19-20H,7,9,12,18H2,1-2H3. The number of thiazole rings is 1. The maximum atomic E-state index is 13.7. The van der Waals surface area contributed by atoms with Crippen LogP contribution in [0.3, 0.4) is 0 Å². The number of rotatable bonds is 5. The van der Waals surface area contributed by atoms with E-state index in [2.05, 4.69) is 12.1 Å². The van der Waals surface area contributed by atoms with Crippen molar-refractivity contribution >= 4 is 28.4 Å². The summed E-state index contributed by atoms with van der Waals surface area (Å²) in [5.74, 6) is 0. The number of benzene rings is 3. The summed E-state index contributed by atoms with van der Waals surface area (Å²) in [6.07, 6.45) is 3.84. The highest BCUT2D eigenvalue weighted by molar-refractivity contribution is 7.07. The number of hydrogen-bond acceptors (Lipinski definition) is 6. The van der Waals surface area contributed by atoms with Crippen LogP contribution in [0.4, 0.5) is 11.4 Å². The molecular formula is C31H28N6O3S. The molecule has 9 nitrogen and oxygen atoms in total. The number of nitro benzene ring substituents is 1. The molecule has 0 atom stereocenters. The van der Waals surface area contributed by atoms with Crippen LogP contribution < -0.4 is 10.4 Å². The average Bonchev–Trinajstić information content (AvgIpc) is 3.38. The second-order valence-corrected chi connectivity index (χ2v) is 10.8. The van der Waals surface area contributed by atoms with E-state index in [1.165, 1.54) is 23.0 Å². The van der Waals surface area contributed by atoms with Crippen LogP contribution in [-0.4, -0.2) is 24.7 Å². The van der Waals surface area contributed by atoms with Gasteiger partial charge in [0.15, 0.2) is 5.69 Å². The minimum Gasteiger partial charge on any atom is -0.283 e. The molecule has 3 aromatic carbocycles. The Morgan fingerprint density at radius 3 is 2.51 bits per heavy atom. The lowest BCUT2D eigenvalue weighted by Gasteiger charge is -2.10. The van der Waals surface area contributed by atoms with E-state index in [1.54, 1.807) is 26.2 Å². The van der Waals surface area contributed by atoms with Crippen LogP contribution >= 0.6 is 11.3 Å². The minimum atomic E-state index is -0.404. The Morgan fingerprint density at radius 2 is 1.71 bits per heavy atom. The van der Waals surface area contributed by atoms with E-state index >= 15 is 0 Å². The number of aryl methyl sites for hydroxylation is 1. The zero-order valence-electron chi connectivity index (χ0n) is 22.7. The summed E-state index contributed by atoms with van der Waals surface area (Å²) in [6, 6.07) is 24.2. The number of para-hydroxylation sites is 1. The molecule has 0 spiro atoms. The third-order valence-corrected chi connectivity index (χ3v) is 8.24. The van der Waals surface area contributed by atoms with Gasteiger partial charge in [-0.1, -0.05) is 54.6 Å². The molecule has 2 heterocycles. The van der Waals surface area contributed by atoms with Gasteiger partial charge in [0.2, 0.25) is 4.80 Å². The van der Waals surface area contributed by atoms with Crippen LogP contribution in [0, 0.1) is 17.0 Å². The minimum absolute atomic E-state index is 0.00384. The number of nitro groups is 1. The summed E-state index contributed by atoms with van der Waals surface area (Å²) in [5.41, 5.74) is 6.13. The summed E-state index contributed by atoms with van der Waals surface area (Å²) in [6.45, 7) is 1.87. The van der Waals surface area contributed by atoms with Gasteiger partial charge in [0.25, 0.3) is 11.2 Å². The Hall–Kier alpha value is -4.83. The van der Waals surface area contributed by atoms with Crippen LogP contribution in [-0.2, 0) is 13.5 Å². The summed E-state index contributed by atoms with van der Waals surface area (Å²) in [5, 5.41) is 18.6. The zero-order chi connectivity index (χ0) is 28.5. The van der Waals surface area contributed by atoms with E-state index in [9.17, 15) is 14.9 Å². The van der Waals surface area contributed by atoms with Crippen LogP contribution in [0.1, 0.15) is 36.1 Å². The normalized spacial score (nSPS) is 14.7. The van der Waals surface area contributed by atoms with Crippen molar-refractivity contribution in [2.45, 2.75) is 32.6 Å². The molecule has 1 aliphatic rings. The summed E-state index contributed by atoms with van der Waals surface area (Å²) < 4.78 is 5.13. The lowest BCUT2D eigenvalue weighted by molar-refractivity contribution is -0.384. The molecule has 0 N–H and O–H groups in total. The predicted molar refractivity (Wildman–Crippen MR) is 161 cm³/mol. The lowest BCUT2D eigenvalue weighted by Crippen LogP contribution is -2.20. The zero-order valence-corrected chi connectivity index (χ0v) is 23.5. The van der Waals surface area contributed by atoms with Gasteiger partial charge in [0.05, 0.1) is 27.7 Å². The van der Waals surface area contributed by atoms with Crippen LogP contribution in [0.25, 0.3) is 16.9 Å². The Kier molecular flexibility index (Phi) is 7.07. The van der Waals surface area contributed by atoms with Gasteiger partial charge in [0.1, 0.15) is 0 Å². The number of non-ortho nitro benzene ring substituents is 1. The first kappa shape index (κ1) is 26.4. The fraction of sp³-hybridized carbons (Fsp3) is 0.194. The van der Waals surface area contributed by atoms with Gasteiger partial charge in [-0.15, -0.1) is 11.3 Å². The van der Waals surface area contributed by atoms with Gasteiger partial charge in [-0.25, -0.2) is 14.4 Å². The van der Waals surface area contributed by atoms with E-state index in [-0.39, 0.29) is 11.2 Å². The lowest BCUT2D eigenvalue weighted by atomic mass is 10.0. The molecule has 0 amide bonds. The third-order valence-electron chi connectivity index (χ3n) is 7.43. The Labute approximate surface area is 240 Å². The number of nitrogens with zero attached hydrogens (tertiary/aromatic N) is 6. The molecule has 0 unspecified atom stereocenters. The molecule has 10 heteroatoms. The molecule has 206 valence electrons. The van der Waals surface area contributed by atoms with E-state index < -0.39 is 4.92 Å². The van der Waals surface area contributed by atoms with E-state index in [4.69, 9.17) is 10.1 Å². The molecule has 0 aliphatic heterocycles. The SMILES string of the molecule is Cc1c(N=c2scc(-c3cccc([N+](=O)[O-])c3)n2N=C2CCCCc3ccccc32)c(=O)n(-c2ccccc2)n1C. The highest BCUT2D eigenvalue weighted by atomic mass is 32.1. The molecule has 6 rings (SSSR count). The van der Waals surface area contributed by atoms with Crippen molar-refractivity contribution in [1.29, 1.82) is 0 Å². The quantitative estimate of drug-likeness (QED) is 0.146. The fourth-order valence-corrected chi connectivity index (χ4v) is 6.05. The Morgan fingerprint density at radius 1 is 0.951 bits per heavy atom. The highest BCUT2D eigenvalue weighted by Gasteiger charge is 2.19. The van der Waals surface area contributed by atoms with E-state index in [0.717, 1.165) is 42.6 Å². The van der Waals surface area contributed by atoms with Crippen molar-refractivity contribution < 1.29 is 4.92 Å². The summed E-state index contributed by atoms with van der Waals surface area (Å²) in [4.78, 5) is 30.2. The fourth-order valence-electron chi connectivity index (χ4n) is 5.22. The summed E-state index contributed by atoms with van der Waals surface area (Å²) in [7, 11) is 1.84. The highest BCUT2D eigenvalue weighted by Crippen LogP contribution is 2.27. The van der Waals surface area contributed by atoms with E-state index in [0.29, 0.717) is 27.4 Å². The Bertz CT molecular complexity index is 1930. The molecule has 0 fully saturated rings. The van der Waals surface area contributed by atoms with Crippen LogP contribution in [0.5, 0.6) is 0 Å². The molecule has 0 saturated carbocycles. The van der Waals surface area contributed by atoms with Gasteiger partial charge in [0, 0.05) is 35.7 Å². The van der Waals surface area contributed by atoms with Crippen LogP contribution in [0.2, 0.25) is 0 Å². The van der Waals surface area contributed by atoms with Crippen LogP contribution in [0.15, 0.2) is 99.1 Å². The van der Waals surface area contributed by atoms with Gasteiger partial charge < -0.3 is 0 Å². The van der Waals surface area contributed by atoms with Gasteiger partial charge in [-0.3, -0.25) is 19.6 Å². The second kappa shape index (κ2) is 11.0. The molecule has 5 aromatic rings. The molecular weight excluding hydrogens is 536 g/mol. The number of aromatic nitrogens is 3. The Balaban J connectivity index is 1.59. The smallest absolute Gasteiger partial charge is 0.283 e. The van der Waals surface area contributed by atoms with E-state index in [1.807, 2.05) is 67.9 Å². The third kappa shape index (κ3) is 4.98. The van der Waals surface area contributed by atoms with Crippen molar-refractivity contribution in [2.75, 3.05) is 0 Å². The number of hydrogen-bond donors (Lipinski definition) is 0. The maximum absolute atomic E-state index is 13.7. The molecule has 2 aromatic heterocycles. The summed E-state index contributed by atoms with van der Waals surface area (Å²) >= 11 is 1.35.